The van der Waals surface area contributed by atoms with Gasteiger partial charge in [0.25, 0.3) is 0 Å². The van der Waals surface area contributed by atoms with E-state index in [1.807, 2.05) is 0 Å². The van der Waals surface area contributed by atoms with Crippen LogP contribution in [0.2, 0.25) is 0 Å². The van der Waals surface area contributed by atoms with Gasteiger partial charge in [-0.25, -0.2) is 9.97 Å². The Labute approximate surface area is 77.9 Å². The summed E-state index contributed by atoms with van der Waals surface area (Å²) < 4.78 is 0. The quantitative estimate of drug-likeness (QED) is 0.693. The average Bonchev–Trinajstić information content (AvgIpc) is 2.04. The second-order valence-electron chi connectivity index (χ2n) is 3.30. The van der Waals surface area contributed by atoms with Crippen LogP contribution in [0.25, 0.3) is 0 Å². The first-order valence-corrected chi connectivity index (χ1v) is 4.04. The molecule has 1 N–H and O–H groups in total. The Balaban J connectivity index is 2.65. The minimum atomic E-state index is -0.862. The normalized spacial score (nSPS) is 14.5. The van der Waals surface area contributed by atoms with Crippen molar-refractivity contribution in [3.8, 4) is 12.3 Å². The van der Waals surface area contributed by atoms with Gasteiger partial charge in [-0.1, -0.05) is 0 Å². The van der Waals surface area contributed by atoms with Gasteiger partial charge in [-0.2, -0.15) is 0 Å². The van der Waals surface area contributed by atoms with Crippen molar-refractivity contribution in [2.24, 2.45) is 0 Å². The molecule has 0 saturated carbocycles. The van der Waals surface area contributed by atoms with Crippen molar-refractivity contribution in [2.45, 2.75) is 25.4 Å². The number of hydrogen-bond donors (Lipinski definition) is 1. The first-order valence-electron chi connectivity index (χ1n) is 4.04. The fraction of sp³-hybridized carbons (Fsp3) is 0.400. The molecule has 1 atom stereocenters. The first kappa shape index (κ1) is 9.69. The molecular formula is C10H12N2O. The Morgan fingerprint density at radius 3 is 2.69 bits per heavy atom. The molecule has 0 aliphatic rings. The molecule has 3 heteroatoms. The Kier molecular flexibility index (Phi) is 2.99. The SMILES string of the molecule is C#CCC(C)(O)Cc1cncnc1. The third-order valence-corrected chi connectivity index (χ3v) is 1.68. The van der Waals surface area contributed by atoms with Crippen LogP contribution >= 0.6 is 0 Å². The molecule has 0 bridgehead atoms. The van der Waals surface area contributed by atoms with Crippen molar-refractivity contribution >= 4 is 0 Å². The van der Waals surface area contributed by atoms with Crippen LogP contribution in [0.1, 0.15) is 18.9 Å². The molecule has 0 aliphatic heterocycles. The van der Waals surface area contributed by atoms with Crippen LogP contribution in [-0.2, 0) is 6.42 Å². The molecule has 0 spiro atoms. The van der Waals surface area contributed by atoms with E-state index in [0.717, 1.165) is 5.56 Å². The number of nitrogens with zero attached hydrogens (tertiary/aromatic N) is 2. The van der Waals surface area contributed by atoms with Gasteiger partial charge in [-0.3, -0.25) is 0 Å². The van der Waals surface area contributed by atoms with Crippen molar-refractivity contribution in [1.29, 1.82) is 0 Å². The van der Waals surface area contributed by atoms with Gasteiger partial charge in [0.15, 0.2) is 0 Å². The van der Waals surface area contributed by atoms with Crippen molar-refractivity contribution in [2.75, 3.05) is 0 Å². The average molecular weight is 176 g/mol. The highest BCUT2D eigenvalue weighted by Crippen LogP contribution is 2.14. The fourth-order valence-electron chi connectivity index (χ4n) is 1.14. The lowest BCUT2D eigenvalue weighted by atomic mass is 9.95. The van der Waals surface area contributed by atoms with Crippen LogP contribution < -0.4 is 0 Å². The van der Waals surface area contributed by atoms with E-state index in [4.69, 9.17) is 6.42 Å². The van der Waals surface area contributed by atoms with Gasteiger partial charge in [-0.15, -0.1) is 12.3 Å². The second-order valence-corrected chi connectivity index (χ2v) is 3.30. The summed E-state index contributed by atoms with van der Waals surface area (Å²) in [7, 11) is 0. The van der Waals surface area contributed by atoms with E-state index in [1.54, 1.807) is 19.3 Å². The summed E-state index contributed by atoms with van der Waals surface area (Å²) in [5, 5.41) is 9.77. The van der Waals surface area contributed by atoms with Gasteiger partial charge in [-0.05, 0) is 12.5 Å². The molecule has 68 valence electrons. The predicted octanol–water partition coefficient (Wildman–Crippen LogP) is 0.793. The summed E-state index contributed by atoms with van der Waals surface area (Å²) in [6, 6.07) is 0. The topological polar surface area (TPSA) is 46.0 Å². The lowest BCUT2D eigenvalue weighted by Gasteiger charge is -2.19. The van der Waals surface area contributed by atoms with E-state index < -0.39 is 5.60 Å². The Bertz CT molecular complexity index is 300. The Hall–Kier alpha value is -1.40. The number of aliphatic hydroxyl groups is 1. The zero-order valence-electron chi connectivity index (χ0n) is 7.57. The van der Waals surface area contributed by atoms with Gasteiger partial charge in [0.2, 0.25) is 0 Å². The summed E-state index contributed by atoms with van der Waals surface area (Å²) >= 11 is 0. The Morgan fingerprint density at radius 1 is 1.54 bits per heavy atom. The fourth-order valence-corrected chi connectivity index (χ4v) is 1.14. The van der Waals surface area contributed by atoms with Gasteiger partial charge < -0.3 is 5.11 Å². The van der Waals surface area contributed by atoms with E-state index in [1.165, 1.54) is 6.33 Å². The standard InChI is InChI=1S/C10H12N2O/c1-3-4-10(2,13)5-9-6-11-8-12-7-9/h1,6-8,13H,4-5H2,2H3. The van der Waals surface area contributed by atoms with Crippen LogP contribution in [0.4, 0.5) is 0 Å². The molecule has 0 aliphatic carbocycles. The minimum absolute atomic E-state index is 0.335. The van der Waals surface area contributed by atoms with Crippen molar-refractivity contribution in [3.63, 3.8) is 0 Å². The Morgan fingerprint density at radius 2 is 2.15 bits per heavy atom. The number of hydrogen-bond acceptors (Lipinski definition) is 3. The monoisotopic (exact) mass is 176 g/mol. The lowest BCUT2D eigenvalue weighted by molar-refractivity contribution is 0.0658. The minimum Gasteiger partial charge on any atom is -0.389 e. The van der Waals surface area contributed by atoms with E-state index >= 15 is 0 Å². The van der Waals surface area contributed by atoms with Gasteiger partial charge in [0.05, 0.1) is 5.60 Å². The zero-order chi connectivity index (χ0) is 9.73. The predicted molar refractivity (Wildman–Crippen MR) is 49.8 cm³/mol. The first-order chi connectivity index (χ1) is 6.14. The molecule has 1 aromatic rings. The molecule has 0 radical (unpaired) electrons. The summed E-state index contributed by atoms with van der Waals surface area (Å²) in [5.41, 5.74) is 0.0298. The largest absolute Gasteiger partial charge is 0.389 e. The highest BCUT2D eigenvalue weighted by atomic mass is 16.3. The van der Waals surface area contributed by atoms with Crippen LogP contribution in [0.3, 0.4) is 0 Å². The maximum absolute atomic E-state index is 9.77. The number of terminal acetylenes is 1. The molecule has 1 rings (SSSR count). The van der Waals surface area contributed by atoms with Crippen molar-refractivity contribution in [3.05, 3.63) is 24.3 Å². The molecule has 0 aromatic carbocycles. The van der Waals surface area contributed by atoms with Crippen LogP contribution in [-0.4, -0.2) is 20.7 Å². The van der Waals surface area contributed by atoms with Crippen molar-refractivity contribution in [1.82, 2.24) is 9.97 Å². The number of rotatable bonds is 3. The smallest absolute Gasteiger partial charge is 0.115 e. The summed E-state index contributed by atoms with van der Waals surface area (Å²) in [6.45, 7) is 1.71. The second kappa shape index (κ2) is 4.01. The maximum atomic E-state index is 9.77. The molecule has 1 aromatic heterocycles. The number of aromatic nitrogens is 2. The van der Waals surface area contributed by atoms with E-state index in [2.05, 4.69) is 15.9 Å². The van der Waals surface area contributed by atoms with Crippen LogP contribution in [0, 0.1) is 12.3 Å². The molecule has 3 nitrogen and oxygen atoms in total. The molecule has 1 heterocycles. The van der Waals surface area contributed by atoms with Gasteiger partial charge >= 0.3 is 0 Å². The summed E-state index contributed by atoms with van der Waals surface area (Å²) in [6.07, 6.45) is 10.8. The third-order valence-electron chi connectivity index (χ3n) is 1.68. The molecule has 0 amide bonds. The summed E-state index contributed by atoms with van der Waals surface area (Å²) in [4.78, 5) is 7.71. The maximum Gasteiger partial charge on any atom is 0.115 e. The van der Waals surface area contributed by atoms with Gasteiger partial charge in [0.1, 0.15) is 6.33 Å². The highest BCUT2D eigenvalue weighted by molar-refractivity contribution is 5.08. The zero-order valence-corrected chi connectivity index (χ0v) is 7.57. The van der Waals surface area contributed by atoms with E-state index in [0.29, 0.717) is 12.8 Å². The molecule has 0 saturated heterocycles. The van der Waals surface area contributed by atoms with Crippen LogP contribution in [0.5, 0.6) is 0 Å². The summed E-state index contributed by atoms with van der Waals surface area (Å²) in [5.74, 6) is 2.44. The highest BCUT2D eigenvalue weighted by Gasteiger charge is 2.19. The molecular weight excluding hydrogens is 164 g/mol. The molecule has 0 fully saturated rings. The van der Waals surface area contributed by atoms with E-state index in [9.17, 15) is 5.11 Å². The van der Waals surface area contributed by atoms with Crippen molar-refractivity contribution < 1.29 is 5.11 Å². The van der Waals surface area contributed by atoms with E-state index in [-0.39, 0.29) is 0 Å². The lowest BCUT2D eigenvalue weighted by Crippen LogP contribution is -2.26. The molecule has 1 unspecified atom stereocenters. The third kappa shape index (κ3) is 3.22. The van der Waals surface area contributed by atoms with Gasteiger partial charge in [0, 0.05) is 25.2 Å². The molecule has 13 heavy (non-hydrogen) atoms. The van der Waals surface area contributed by atoms with Crippen LogP contribution in [0.15, 0.2) is 18.7 Å².